The Morgan fingerprint density at radius 3 is 2.50 bits per heavy atom. The van der Waals surface area contributed by atoms with Crippen LogP contribution in [0, 0.1) is 11.6 Å². The zero-order valence-electron chi connectivity index (χ0n) is 11.1. The standard InChI is InChI=1S/C13H17F2N3O2/c1-2-20-9-5-8(6-9)17-13(19)7-3-10(14)12(18-16)11(15)4-7/h3-4,8-9,18H,2,5-6,16H2,1H3,(H,17,19). The molecule has 1 aromatic carbocycles. The lowest BCUT2D eigenvalue weighted by atomic mass is 9.89. The van der Waals surface area contributed by atoms with Crippen LogP contribution >= 0.6 is 0 Å². The number of nitrogen functional groups attached to an aromatic ring is 1. The molecule has 1 aromatic rings. The molecule has 1 saturated carbocycles. The highest BCUT2D eigenvalue weighted by atomic mass is 19.1. The summed E-state index contributed by atoms with van der Waals surface area (Å²) in [4.78, 5) is 11.9. The van der Waals surface area contributed by atoms with E-state index in [1.165, 1.54) is 0 Å². The van der Waals surface area contributed by atoms with Crippen LogP contribution in [0.15, 0.2) is 12.1 Å². The summed E-state index contributed by atoms with van der Waals surface area (Å²) in [5, 5.41) is 2.71. The van der Waals surface area contributed by atoms with Gasteiger partial charge in [-0.1, -0.05) is 0 Å². The van der Waals surface area contributed by atoms with E-state index in [4.69, 9.17) is 10.6 Å². The zero-order valence-corrected chi connectivity index (χ0v) is 11.1. The van der Waals surface area contributed by atoms with Crippen molar-refractivity contribution >= 4 is 11.6 Å². The van der Waals surface area contributed by atoms with Crippen LogP contribution < -0.4 is 16.6 Å². The van der Waals surface area contributed by atoms with Crippen molar-refractivity contribution in [3.8, 4) is 0 Å². The van der Waals surface area contributed by atoms with Gasteiger partial charge in [-0.05, 0) is 31.9 Å². The van der Waals surface area contributed by atoms with Crippen LogP contribution in [-0.4, -0.2) is 24.7 Å². The van der Waals surface area contributed by atoms with E-state index in [9.17, 15) is 13.6 Å². The first-order valence-electron chi connectivity index (χ1n) is 6.43. The Hall–Kier alpha value is -1.73. The number of carbonyl (C=O) groups is 1. The Labute approximate surface area is 115 Å². The molecule has 0 spiro atoms. The van der Waals surface area contributed by atoms with Gasteiger partial charge < -0.3 is 15.5 Å². The summed E-state index contributed by atoms with van der Waals surface area (Å²) < 4.78 is 32.3. The number of ether oxygens (including phenoxy) is 1. The summed E-state index contributed by atoms with van der Waals surface area (Å²) in [6.45, 7) is 2.54. The van der Waals surface area contributed by atoms with Gasteiger partial charge in [0.15, 0.2) is 11.6 Å². The van der Waals surface area contributed by atoms with E-state index in [2.05, 4.69) is 5.32 Å². The van der Waals surface area contributed by atoms with E-state index in [0.29, 0.717) is 19.4 Å². The van der Waals surface area contributed by atoms with Gasteiger partial charge in [0.25, 0.3) is 5.91 Å². The van der Waals surface area contributed by atoms with Crippen molar-refractivity contribution in [2.75, 3.05) is 12.0 Å². The van der Waals surface area contributed by atoms with E-state index >= 15 is 0 Å². The highest BCUT2D eigenvalue weighted by Gasteiger charge is 2.31. The fourth-order valence-electron chi connectivity index (χ4n) is 2.17. The summed E-state index contributed by atoms with van der Waals surface area (Å²) >= 11 is 0. The minimum atomic E-state index is -0.904. The average molecular weight is 285 g/mol. The number of benzene rings is 1. The van der Waals surface area contributed by atoms with Gasteiger partial charge in [0, 0.05) is 18.2 Å². The number of hydrogen-bond donors (Lipinski definition) is 3. The Balaban J connectivity index is 1.97. The lowest BCUT2D eigenvalue weighted by molar-refractivity contribution is -0.00863. The zero-order chi connectivity index (χ0) is 14.7. The van der Waals surface area contributed by atoms with E-state index in [1.807, 2.05) is 12.3 Å². The number of nitrogens with one attached hydrogen (secondary N) is 2. The molecule has 0 atom stereocenters. The number of hydrogen-bond acceptors (Lipinski definition) is 4. The van der Waals surface area contributed by atoms with E-state index in [0.717, 1.165) is 12.1 Å². The molecule has 2 rings (SSSR count). The number of hydrazine groups is 1. The summed E-state index contributed by atoms with van der Waals surface area (Å²) in [6.07, 6.45) is 1.59. The second-order valence-electron chi connectivity index (χ2n) is 4.68. The summed E-state index contributed by atoms with van der Waals surface area (Å²) in [7, 11) is 0. The molecule has 7 heteroatoms. The van der Waals surface area contributed by atoms with Gasteiger partial charge in [0.1, 0.15) is 5.69 Å². The van der Waals surface area contributed by atoms with Crippen LogP contribution in [0.25, 0.3) is 0 Å². The van der Waals surface area contributed by atoms with Gasteiger partial charge in [-0.15, -0.1) is 0 Å². The number of rotatable bonds is 5. The molecule has 0 saturated heterocycles. The van der Waals surface area contributed by atoms with Crippen molar-refractivity contribution < 1.29 is 18.3 Å². The van der Waals surface area contributed by atoms with E-state index < -0.39 is 23.2 Å². The molecule has 1 aliphatic carbocycles. The molecule has 110 valence electrons. The molecule has 5 nitrogen and oxygen atoms in total. The predicted octanol–water partition coefficient (Wildman–Crippen LogP) is 1.55. The van der Waals surface area contributed by atoms with Gasteiger partial charge in [0.2, 0.25) is 0 Å². The molecule has 0 unspecified atom stereocenters. The summed E-state index contributed by atoms with van der Waals surface area (Å²) in [5.74, 6) is 2.67. The highest BCUT2D eigenvalue weighted by molar-refractivity contribution is 5.94. The molecule has 20 heavy (non-hydrogen) atoms. The Morgan fingerprint density at radius 2 is 2.00 bits per heavy atom. The first-order chi connectivity index (χ1) is 9.55. The maximum atomic E-state index is 13.5. The molecule has 0 aliphatic heterocycles. The van der Waals surface area contributed by atoms with Crippen molar-refractivity contribution in [3.63, 3.8) is 0 Å². The third-order valence-corrected chi connectivity index (χ3v) is 3.28. The molecule has 0 heterocycles. The summed E-state index contributed by atoms with van der Waals surface area (Å²) in [5.41, 5.74) is 1.39. The van der Waals surface area contributed by atoms with Gasteiger partial charge in [0.05, 0.1) is 6.10 Å². The molecule has 0 radical (unpaired) electrons. The SMILES string of the molecule is CCOC1CC(NC(=O)c2cc(F)c(NN)c(F)c2)C1. The number of nitrogens with two attached hydrogens (primary N) is 1. The molecule has 0 aromatic heterocycles. The monoisotopic (exact) mass is 285 g/mol. The van der Waals surface area contributed by atoms with Crippen molar-refractivity contribution in [3.05, 3.63) is 29.3 Å². The highest BCUT2D eigenvalue weighted by Crippen LogP contribution is 2.24. The molecular weight excluding hydrogens is 268 g/mol. The molecule has 1 fully saturated rings. The van der Waals surface area contributed by atoms with Gasteiger partial charge in [-0.2, -0.15) is 0 Å². The Bertz CT molecular complexity index is 481. The number of amides is 1. The maximum absolute atomic E-state index is 13.5. The van der Waals surface area contributed by atoms with Gasteiger partial charge >= 0.3 is 0 Å². The molecule has 0 bridgehead atoms. The Kier molecular flexibility index (Phi) is 4.51. The number of halogens is 2. The number of anilines is 1. The lowest BCUT2D eigenvalue weighted by Crippen LogP contribution is -2.47. The number of carbonyl (C=O) groups excluding carboxylic acids is 1. The van der Waals surface area contributed by atoms with Crippen molar-refractivity contribution in [2.24, 2.45) is 5.84 Å². The minimum Gasteiger partial charge on any atom is -0.378 e. The topological polar surface area (TPSA) is 76.4 Å². The van der Waals surface area contributed by atoms with Crippen LogP contribution in [0.3, 0.4) is 0 Å². The lowest BCUT2D eigenvalue weighted by Gasteiger charge is -2.35. The van der Waals surface area contributed by atoms with E-state index in [1.54, 1.807) is 0 Å². The second kappa shape index (κ2) is 6.15. The maximum Gasteiger partial charge on any atom is 0.251 e. The second-order valence-corrected chi connectivity index (χ2v) is 4.68. The predicted molar refractivity (Wildman–Crippen MR) is 70.1 cm³/mol. The molecule has 1 amide bonds. The average Bonchev–Trinajstić information content (AvgIpc) is 2.35. The minimum absolute atomic E-state index is 0.0162. The Morgan fingerprint density at radius 1 is 1.40 bits per heavy atom. The van der Waals surface area contributed by atoms with Crippen molar-refractivity contribution in [1.29, 1.82) is 0 Å². The van der Waals surface area contributed by atoms with Crippen LogP contribution in [0.4, 0.5) is 14.5 Å². The quantitative estimate of drug-likeness (QED) is 0.566. The van der Waals surface area contributed by atoms with Crippen LogP contribution in [0.1, 0.15) is 30.1 Å². The largest absolute Gasteiger partial charge is 0.378 e. The van der Waals surface area contributed by atoms with Crippen LogP contribution in [0.2, 0.25) is 0 Å². The fourth-order valence-corrected chi connectivity index (χ4v) is 2.17. The first-order valence-corrected chi connectivity index (χ1v) is 6.43. The molecule has 1 aliphatic rings. The van der Waals surface area contributed by atoms with Crippen molar-refractivity contribution in [1.82, 2.24) is 5.32 Å². The van der Waals surface area contributed by atoms with Crippen LogP contribution in [0.5, 0.6) is 0 Å². The van der Waals surface area contributed by atoms with Crippen LogP contribution in [-0.2, 0) is 4.74 Å². The summed E-state index contributed by atoms with van der Waals surface area (Å²) in [6, 6.07) is 1.89. The van der Waals surface area contributed by atoms with Crippen molar-refractivity contribution in [2.45, 2.75) is 31.9 Å². The smallest absolute Gasteiger partial charge is 0.251 e. The normalized spacial score (nSPS) is 21.2. The van der Waals surface area contributed by atoms with Gasteiger partial charge in [-0.25, -0.2) is 8.78 Å². The van der Waals surface area contributed by atoms with Gasteiger partial charge in [-0.3, -0.25) is 10.6 Å². The molecule has 4 N–H and O–H groups in total. The third kappa shape index (κ3) is 3.05. The van der Waals surface area contributed by atoms with E-state index in [-0.39, 0.29) is 17.7 Å². The molecular formula is C13H17F2N3O2. The fraction of sp³-hybridized carbons (Fsp3) is 0.462. The third-order valence-electron chi connectivity index (χ3n) is 3.28. The first kappa shape index (κ1) is 14.7.